The Morgan fingerprint density at radius 3 is 1.18 bits per heavy atom. The molecule has 1 heterocycles. The maximum Gasteiger partial charge on any atom is 0.112 e. The van der Waals surface area contributed by atoms with Gasteiger partial charge in [0.15, 0.2) is 0 Å². The first-order valence-corrected chi connectivity index (χ1v) is 26.1. The summed E-state index contributed by atoms with van der Waals surface area (Å²) in [7, 11) is -3.87. The molecule has 0 amide bonds. The molecule has 0 aliphatic heterocycles. The van der Waals surface area contributed by atoms with Crippen molar-refractivity contribution in [2.24, 2.45) is 0 Å². The van der Waals surface area contributed by atoms with Crippen LogP contribution in [-0.4, -0.2) is 20.7 Å². The molecule has 0 N–H and O–H groups in total. The molecule has 274 valence electrons. The number of hydrogen-bond acceptors (Lipinski definition) is 0. The third kappa shape index (κ3) is 5.80. The smallest absolute Gasteiger partial charge is 0.112 e. The minimum absolute atomic E-state index is 1.19. The van der Waals surface area contributed by atoms with E-state index < -0.39 is 16.1 Å². The monoisotopic (exact) mass is 763 g/mol. The number of fused-ring (bicyclic) bond motifs is 5. The van der Waals surface area contributed by atoms with Gasteiger partial charge in [0.05, 0.1) is 11.0 Å². The lowest BCUT2D eigenvalue weighted by molar-refractivity contribution is 1.18. The van der Waals surface area contributed by atoms with Crippen molar-refractivity contribution in [1.82, 2.24) is 4.57 Å². The fraction of sp³-hybridized carbons (Fsp3) is 0.0741. The van der Waals surface area contributed by atoms with Gasteiger partial charge in [-0.05, 0) is 68.1 Å². The van der Waals surface area contributed by atoms with Gasteiger partial charge in [-0.25, -0.2) is 0 Å². The highest BCUT2D eigenvalue weighted by molar-refractivity contribution is 7.01. The second-order valence-corrected chi connectivity index (χ2v) is 25.3. The molecule has 0 aliphatic carbocycles. The van der Waals surface area contributed by atoms with E-state index in [1.165, 1.54) is 92.0 Å². The molecule has 57 heavy (non-hydrogen) atoms. The molecule has 0 aliphatic rings. The van der Waals surface area contributed by atoms with Crippen LogP contribution in [0.1, 0.15) is 0 Å². The van der Waals surface area contributed by atoms with Gasteiger partial charge >= 0.3 is 0 Å². The van der Waals surface area contributed by atoms with Crippen LogP contribution in [0.3, 0.4) is 0 Å². The first-order valence-electron chi connectivity index (χ1n) is 20.1. The maximum absolute atomic E-state index is 2.49. The van der Waals surface area contributed by atoms with E-state index in [1.54, 1.807) is 0 Å². The van der Waals surface area contributed by atoms with Gasteiger partial charge in [-0.3, -0.25) is 0 Å². The molecule has 0 saturated carbocycles. The molecule has 0 spiro atoms. The van der Waals surface area contributed by atoms with Crippen LogP contribution in [0, 0.1) is 0 Å². The van der Waals surface area contributed by atoms with E-state index >= 15 is 0 Å². The molecule has 0 fully saturated rings. The van der Waals surface area contributed by atoms with Crippen LogP contribution in [0.15, 0.2) is 200 Å². The Labute approximate surface area is 337 Å². The molecular formula is C54H45NSi2. The van der Waals surface area contributed by atoms with E-state index in [1.807, 2.05) is 0 Å². The molecule has 3 heteroatoms. The lowest BCUT2D eigenvalue weighted by Gasteiger charge is -2.25. The summed E-state index contributed by atoms with van der Waals surface area (Å²) < 4.78 is 2.40. The van der Waals surface area contributed by atoms with Crippen molar-refractivity contribution >= 4 is 80.2 Å². The molecular weight excluding hydrogens is 719 g/mol. The highest BCUT2D eigenvalue weighted by Crippen LogP contribution is 2.43. The van der Waals surface area contributed by atoms with Gasteiger partial charge in [0.2, 0.25) is 0 Å². The third-order valence-electron chi connectivity index (χ3n) is 12.6. The van der Waals surface area contributed by atoms with Gasteiger partial charge in [0.1, 0.15) is 16.1 Å². The van der Waals surface area contributed by atoms with Crippen LogP contribution in [-0.2, 0) is 0 Å². The Balaban J connectivity index is 1.05. The van der Waals surface area contributed by atoms with E-state index in [2.05, 4.69) is 231 Å². The number of hydrogen-bond donors (Lipinski definition) is 0. The van der Waals surface area contributed by atoms with E-state index in [0.717, 1.165) is 0 Å². The zero-order chi connectivity index (χ0) is 38.7. The van der Waals surface area contributed by atoms with E-state index in [9.17, 15) is 0 Å². The summed E-state index contributed by atoms with van der Waals surface area (Å²) in [5, 5.41) is 13.6. The van der Waals surface area contributed by atoms with Crippen molar-refractivity contribution in [3.05, 3.63) is 200 Å². The summed E-state index contributed by atoms with van der Waals surface area (Å²) in [4.78, 5) is 0. The molecule has 10 aromatic rings. The fourth-order valence-electron chi connectivity index (χ4n) is 9.26. The number of benzene rings is 9. The Morgan fingerprint density at radius 2 is 0.667 bits per heavy atom. The average Bonchev–Trinajstić information content (AvgIpc) is 3.60. The summed E-state index contributed by atoms with van der Waals surface area (Å²) >= 11 is 0. The van der Waals surface area contributed by atoms with Gasteiger partial charge in [-0.1, -0.05) is 223 Å². The Morgan fingerprint density at radius 1 is 0.298 bits per heavy atom. The Bertz CT molecular complexity index is 3030. The van der Waals surface area contributed by atoms with Crippen molar-refractivity contribution in [1.29, 1.82) is 0 Å². The molecule has 9 aromatic carbocycles. The summed E-state index contributed by atoms with van der Waals surface area (Å²) in [6.07, 6.45) is 0. The fourth-order valence-corrected chi connectivity index (χ4v) is 14.0. The van der Waals surface area contributed by atoms with Crippen molar-refractivity contribution < 1.29 is 0 Å². The first-order chi connectivity index (χ1) is 27.8. The number of nitrogens with zero attached hydrogens (tertiary/aromatic N) is 1. The topological polar surface area (TPSA) is 4.93 Å². The normalized spacial score (nSPS) is 12.2. The van der Waals surface area contributed by atoms with Gasteiger partial charge in [-0.15, -0.1) is 0 Å². The van der Waals surface area contributed by atoms with Gasteiger partial charge in [0, 0.05) is 16.5 Å². The Kier molecular flexibility index (Phi) is 8.47. The van der Waals surface area contributed by atoms with Crippen LogP contribution in [0.5, 0.6) is 0 Å². The summed E-state index contributed by atoms with van der Waals surface area (Å²) in [5.41, 5.74) is 8.83. The SMILES string of the molecule is C[Si](C)(c1ccccc1)c1ccc(-c2c3ccccc3c(-c3ccc([Si](C)(C)c4ccc5c(c4)c4ccccc4n5-c4ccccc4)cc3)c3ccccc23)cc1. The summed E-state index contributed by atoms with van der Waals surface area (Å²) in [6, 6.07) is 74.9. The summed E-state index contributed by atoms with van der Waals surface area (Å²) in [5.74, 6) is 0. The van der Waals surface area contributed by atoms with E-state index in [-0.39, 0.29) is 0 Å². The lowest BCUT2D eigenvalue weighted by atomic mass is 9.86. The molecule has 0 saturated heterocycles. The predicted octanol–water partition coefficient (Wildman–Crippen LogP) is 12.1. The number of para-hydroxylation sites is 2. The molecule has 0 bridgehead atoms. The van der Waals surface area contributed by atoms with Crippen molar-refractivity contribution in [3.8, 4) is 27.9 Å². The highest BCUT2D eigenvalue weighted by Gasteiger charge is 2.28. The maximum atomic E-state index is 2.49. The van der Waals surface area contributed by atoms with E-state index in [4.69, 9.17) is 0 Å². The molecule has 10 rings (SSSR count). The summed E-state index contributed by atoms with van der Waals surface area (Å²) in [6.45, 7) is 9.90. The Hall–Kier alpha value is -6.27. The van der Waals surface area contributed by atoms with Crippen LogP contribution in [0.25, 0.3) is 71.3 Å². The molecule has 0 unspecified atom stereocenters. The van der Waals surface area contributed by atoms with Gasteiger partial charge < -0.3 is 4.57 Å². The van der Waals surface area contributed by atoms with Crippen molar-refractivity contribution in [2.75, 3.05) is 0 Å². The average molecular weight is 764 g/mol. The minimum atomic E-state index is -2.06. The van der Waals surface area contributed by atoms with Crippen LogP contribution in [0.4, 0.5) is 0 Å². The molecule has 0 radical (unpaired) electrons. The molecule has 1 nitrogen and oxygen atoms in total. The van der Waals surface area contributed by atoms with Crippen LogP contribution in [0.2, 0.25) is 26.2 Å². The zero-order valence-corrected chi connectivity index (χ0v) is 35.0. The number of aromatic nitrogens is 1. The second kappa shape index (κ2) is 13.7. The highest BCUT2D eigenvalue weighted by atomic mass is 28.3. The van der Waals surface area contributed by atoms with Gasteiger partial charge in [0.25, 0.3) is 0 Å². The van der Waals surface area contributed by atoms with E-state index in [0.29, 0.717) is 0 Å². The standard InChI is InChI=1S/C54H45NSi2/c1-56(2,41-19-9-6-10-20-41)42-31-27-38(28-32-42)53-46-22-11-13-24-48(46)54(49-25-14-12-23-47(49)53)39-29-33-43(34-30-39)57(3,4)44-35-36-52-50(37-44)45-21-15-16-26-51(45)55(52)40-17-7-5-8-18-40/h5-37H,1-4H3. The minimum Gasteiger partial charge on any atom is -0.309 e. The first kappa shape index (κ1) is 35.2. The molecule has 1 aromatic heterocycles. The van der Waals surface area contributed by atoms with Crippen LogP contribution < -0.4 is 20.7 Å². The van der Waals surface area contributed by atoms with Crippen molar-refractivity contribution in [3.63, 3.8) is 0 Å². The predicted molar refractivity (Wildman–Crippen MR) is 253 cm³/mol. The van der Waals surface area contributed by atoms with Crippen molar-refractivity contribution in [2.45, 2.75) is 26.2 Å². The quantitative estimate of drug-likeness (QED) is 0.113. The second-order valence-electron chi connectivity index (χ2n) is 16.5. The largest absolute Gasteiger partial charge is 0.309 e. The lowest BCUT2D eigenvalue weighted by Crippen LogP contribution is -2.52. The third-order valence-corrected chi connectivity index (χ3v) is 19.7. The van der Waals surface area contributed by atoms with Crippen LogP contribution >= 0.6 is 0 Å². The molecule has 0 atom stereocenters. The zero-order valence-electron chi connectivity index (χ0n) is 33.0. The number of rotatable bonds is 7. The van der Waals surface area contributed by atoms with Gasteiger partial charge in [-0.2, -0.15) is 0 Å².